The van der Waals surface area contributed by atoms with Gasteiger partial charge < -0.3 is 30.5 Å². The Bertz CT molecular complexity index is 1790. The topological polar surface area (TPSA) is 214 Å². The highest BCUT2D eigenvalue weighted by atomic mass is 32.2. The van der Waals surface area contributed by atoms with Crippen LogP contribution in [0.3, 0.4) is 0 Å². The van der Waals surface area contributed by atoms with Crippen molar-refractivity contribution < 1.29 is 32.1 Å². The van der Waals surface area contributed by atoms with Crippen LogP contribution in [0.15, 0.2) is 28.8 Å². The van der Waals surface area contributed by atoms with Gasteiger partial charge in [-0.1, -0.05) is 16.5 Å². The van der Waals surface area contributed by atoms with Gasteiger partial charge in [-0.25, -0.2) is 8.42 Å². The summed E-state index contributed by atoms with van der Waals surface area (Å²) in [6, 6.07) is 6.41. The fraction of sp³-hybridized carbons (Fsp3) is 0.444. The van der Waals surface area contributed by atoms with E-state index in [1.54, 1.807) is 18.2 Å². The number of amides is 3. The van der Waals surface area contributed by atoms with Gasteiger partial charge in [0.15, 0.2) is 23.1 Å². The van der Waals surface area contributed by atoms with Crippen molar-refractivity contribution in [3.05, 3.63) is 35.8 Å². The van der Waals surface area contributed by atoms with Crippen molar-refractivity contribution in [1.82, 2.24) is 40.2 Å². The summed E-state index contributed by atoms with van der Waals surface area (Å²) in [4.78, 5) is 44.1. The number of piperazine rings is 1. The average molecular weight is 672 g/mol. The monoisotopic (exact) mass is 672 g/mol. The van der Waals surface area contributed by atoms with E-state index in [1.807, 2.05) is 4.90 Å². The molecular weight excluding hydrogens is 641 g/mol. The van der Waals surface area contributed by atoms with Crippen LogP contribution in [-0.4, -0.2) is 131 Å². The first-order chi connectivity index (χ1) is 22.7. The Labute approximate surface area is 280 Å². The quantitative estimate of drug-likeness (QED) is 0.155. The highest BCUT2D eigenvalue weighted by Crippen LogP contribution is 2.38. The van der Waals surface area contributed by atoms with Crippen molar-refractivity contribution in [1.29, 1.82) is 0 Å². The predicted molar refractivity (Wildman–Crippen MR) is 175 cm³/mol. The molecule has 2 aliphatic rings. The lowest BCUT2D eigenvalue weighted by molar-refractivity contribution is -0.122. The number of benzene rings is 1. The number of methoxy groups -OCH3 is 1. The standard InChI is InChI=1S/C27H31B3N10O7S/c1-46-23-16(26-34-20(38-47-26)13-31-21(41)14-39-8-10-40(11-9-39)48(2,44)45)4-3-5-17(23)32-18-12-19(33-24(42)15-6-7-15)36-37-22(18)25(43)35-27(28,29)30/h3-5,12,15H,6-11,13-14H2,1-2H3,(H,31,41)(H,35,43)(H2,32,33,36,42). The summed E-state index contributed by atoms with van der Waals surface area (Å²) in [6.07, 6.45) is 2.71. The molecule has 246 valence electrons. The first-order valence-electron chi connectivity index (χ1n) is 14.8. The highest BCUT2D eigenvalue weighted by molar-refractivity contribution is 7.88. The maximum Gasteiger partial charge on any atom is 0.272 e. The van der Waals surface area contributed by atoms with Crippen LogP contribution < -0.4 is 26.0 Å². The minimum absolute atomic E-state index is 0.0205. The van der Waals surface area contributed by atoms with Crippen molar-refractivity contribution in [3.63, 3.8) is 0 Å². The van der Waals surface area contributed by atoms with Crippen LogP contribution in [-0.2, 0) is 26.2 Å². The third-order valence-corrected chi connectivity index (χ3v) is 8.64. The Morgan fingerprint density at radius 3 is 2.46 bits per heavy atom. The predicted octanol–water partition coefficient (Wildman–Crippen LogP) is -1.33. The Kier molecular flexibility index (Phi) is 10.4. The van der Waals surface area contributed by atoms with Crippen LogP contribution >= 0.6 is 0 Å². The molecule has 17 nitrogen and oxygen atoms in total. The second-order valence-electron chi connectivity index (χ2n) is 11.4. The molecule has 0 unspecified atom stereocenters. The van der Waals surface area contributed by atoms with Crippen molar-refractivity contribution in [2.45, 2.75) is 24.6 Å². The Hall–Kier alpha value is -4.49. The van der Waals surface area contributed by atoms with Gasteiger partial charge in [0.25, 0.3) is 11.8 Å². The summed E-state index contributed by atoms with van der Waals surface area (Å²) < 4.78 is 35.9. The molecule has 3 amide bonds. The number of carbonyl (C=O) groups is 3. The molecule has 1 aromatic carbocycles. The number of rotatable bonds is 13. The molecular formula is C27H31B3N10O7S. The third-order valence-electron chi connectivity index (χ3n) is 7.34. The molecule has 2 aromatic heterocycles. The number of ether oxygens (including phenoxy) is 1. The molecule has 0 atom stereocenters. The van der Waals surface area contributed by atoms with E-state index < -0.39 is 21.2 Å². The molecule has 48 heavy (non-hydrogen) atoms. The van der Waals surface area contributed by atoms with Gasteiger partial charge in [-0.15, -0.1) is 10.2 Å². The Morgan fingerprint density at radius 1 is 1.08 bits per heavy atom. The lowest BCUT2D eigenvalue weighted by atomic mass is 9.49. The zero-order valence-corrected chi connectivity index (χ0v) is 27.0. The van der Waals surface area contributed by atoms with E-state index in [1.165, 1.54) is 17.5 Å². The van der Waals surface area contributed by atoms with Gasteiger partial charge in [0.1, 0.15) is 0 Å². The summed E-state index contributed by atoms with van der Waals surface area (Å²) >= 11 is 0. The molecule has 1 aliphatic carbocycles. The smallest absolute Gasteiger partial charge is 0.272 e. The maximum absolute atomic E-state index is 12.9. The lowest BCUT2D eigenvalue weighted by Gasteiger charge is -2.32. The summed E-state index contributed by atoms with van der Waals surface area (Å²) in [7, 11) is 14.8. The van der Waals surface area contributed by atoms with E-state index in [0.29, 0.717) is 37.4 Å². The van der Waals surface area contributed by atoms with E-state index >= 15 is 0 Å². The molecule has 6 radical (unpaired) electrons. The van der Waals surface area contributed by atoms with E-state index in [9.17, 15) is 22.8 Å². The van der Waals surface area contributed by atoms with E-state index in [4.69, 9.17) is 32.8 Å². The Balaban J connectivity index is 1.29. The highest BCUT2D eigenvalue weighted by Gasteiger charge is 2.31. The first kappa shape index (κ1) is 34.8. The van der Waals surface area contributed by atoms with E-state index in [2.05, 4.69) is 41.6 Å². The molecule has 1 saturated carbocycles. The second-order valence-corrected chi connectivity index (χ2v) is 13.4. The molecule has 3 heterocycles. The van der Waals surface area contributed by atoms with Crippen molar-refractivity contribution in [2.24, 2.45) is 5.92 Å². The zero-order valence-electron chi connectivity index (χ0n) is 26.2. The Morgan fingerprint density at radius 2 is 1.81 bits per heavy atom. The van der Waals surface area contributed by atoms with E-state index in [0.717, 1.165) is 19.1 Å². The number of carbonyl (C=O) groups excluding carboxylic acids is 3. The number of aromatic nitrogens is 4. The molecule has 0 spiro atoms. The third kappa shape index (κ3) is 9.10. The number of hydrogen-bond acceptors (Lipinski definition) is 13. The fourth-order valence-corrected chi connectivity index (χ4v) is 5.63. The largest absolute Gasteiger partial charge is 0.494 e. The van der Waals surface area contributed by atoms with Crippen LogP contribution in [0.5, 0.6) is 5.75 Å². The molecule has 5 rings (SSSR count). The van der Waals surface area contributed by atoms with Crippen LogP contribution in [0.25, 0.3) is 11.5 Å². The van der Waals surface area contributed by atoms with Gasteiger partial charge in [-0.3, -0.25) is 19.3 Å². The summed E-state index contributed by atoms with van der Waals surface area (Å²) in [5, 5.41) is 20.5. The van der Waals surface area contributed by atoms with Crippen LogP contribution in [0.1, 0.15) is 29.2 Å². The molecule has 1 aliphatic heterocycles. The molecule has 4 N–H and O–H groups in total. The van der Waals surface area contributed by atoms with Crippen LogP contribution in [0.4, 0.5) is 17.2 Å². The van der Waals surface area contributed by atoms with Crippen LogP contribution in [0.2, 0.25) is 0 Å². The number of sulfonamides is 1. The lowest BCUT2D eigenvalue weighted by Crippen LogP contribution is -2.50. The van der Waals surface area contributed by atoms with Gasteiger partial charge >= 0.3 is 0 Å². The van der Waals surface area contributed by atoms with Gasteiger partial charge in [0, 0.05) is 38.2 Å². The van der Waals surface area contributed by atoms with Crippen LogP contribution in [0, 0.1) is 5.92 Å². The molecule has 3 aromatic rings. The molecule has 0 bridgehead atoms. The summed E-state index contributed by atoms with van der Waals surface area (Å²) in [5.41, 5.74) is 0.613. The normalized spacial score (nSPS) is 15.8. The zero-order chi connectivity index (χ0) is 34.6. The van der Waals surface area contributed by atoms with Gasteiger partial charge in [0.05, 0.1) is 66.9 Å². The average Bonchev–Trinajstić information content (AvgIpc) is 3.77. The number of nitrogens with zero attached hydrogens (tertiary/aromatic N) is 6. The van der Waals surface area contributed by atoms with Crippen molar-refractivity contribution in [3.8, 4) is 17.2 Å². The number of anilines is 3. The molecule has 1 saturated heterocycles. The van der Waals surface area contributed by atoms with Gasteiger partial charge in [-0.2, -0.15) is 9.29 Å². The summed E-state index contributed by atoms with van der Waals surface area (Å²) in [6.45, 7) is 1.56. The maximum atomic E-state index is 12.9. The van der Waals surface area contributed by atoms with E-state index in [-0.39, 0.29) is 65.5 Å². The summed E-state index contributed by atoms with van der Waals surface area (Å²) in [5.74, 6) is -0.815. The number of nitrogens with one attached hydrogen (secondary N) is 4. The molecule has 2 fully saturated rings. The first-order valence-corrected chi connectivity index (χ1v) is 16.6. The second kappa shape index (κ2) is 14.3. The number of para-hydroxylation sites is 1. The van der Waals surface area contributed by atoms with Gasteiger partial charge in [-0.05, 0) is 25.0 Å². The SMILES string of the molecule is [B]C([B])([B])NC(=O)c1nnc(NC(=O)C2CC2)cc1Nc1cccc(-c2nc(CNC(=O)CN3CCN(S(C)(=O)=O)CC3)no2)c1OC. The minimum atomic E-state index is -3.27. The minimum Gasteiger partial charge on any atom is -0.494 e. The van der Waals surface area contributed by atoms with Crippen molar-refractivity contribution >= 4 is 68.5 Å². The molecule has 21 heteroatoms. The van der Waals surface area contributed by atoms with Gasteiger partial charge in [0.2, 0.25) is 21.8 Å². The fourth-order valence-electron chi connectivity index (χ4n) is 4.81. The number of hydrogen-bond donors (Lipinski definition) is 4. The van der Waals surface area contributed by atoms with Crippen molar-refractivity contribution in [2.75, 3.05) is 56.7 Å².